The zero-order chi connectivity index (χ0) is 14.0. The fourth-order valence-corrected chi connectivity index (χ4v) is 4.44. The molecule has 0 aliphatic heterocycles. The van der Waals surface area contributed by atoms with Crippen LogP contribution in [0.4, 0.5) is 0 Å². The number of carboxylic acid groups (broad SMARTS) is 1. The van der Waals surface area contributed by atoms with E-state index in [1.165, 1.54) is 4.88 Å². The van der Waals surface area contributed by atoms with Gasteiger partial charge in [-0.25, -0.2) is 0 Å². The van der Waals surface area contributed by atoms with Gasteiger partial charge in [-0.15, -0.1) is 11.3 Å². The van der Waals surface area contributed by atoms with Crippen molar-refractivity contribution >= 4 is 33.2 Å². The van der Waals surface area contributed by atoms with E-state index in [-0.39, 0.29) is 12.0 Å². The van der Waals surface area contributed by atoms with Crippen molar-refractivity contribution in [1.82, 2.24) is 4.90 Å². The highest BCUT2D eigenvalue weighted by Crippen LogP contribution is 2.33. The molecule has 0 saturated heterocycles. The third kappa shape index (κ3) is 3.80. The van der Waals surface area contributed by atoms with Crippen molar-refractivity contribution in [2.24, 2.45) is 11.8 Å². The van der Waals surface area contributed by atoms with Crippen molar-refractivity contribution in [1.29, 1.82) is 0 Å². The molecule has 106 valence electrons. The lowest BCUT2D eigenvalue weighted by atomic mass is 9.78. The van der Waals surface area contributed by atoms with E-state index >= 15 is 0 Å². The molecule has 1 fully saturated rings. The third-order valence-corrected chi connectivity index (χ3v) is 5.67. The molecule has 0 amide bonds. The molecular weight excluding hydrogens is 326 g/mol. The lowest BCUT2D eigenvalue weighted by Gasteiger charge is -2.38. The summed E-state index contributed by atoms with van der Waals surface area (Å²) in [5, 5.41) is 11.5. The molecule has 19 heavy (non-hydrogen) atoms. The van der Waals surface area contributed by atoms with Gasteiger partial charge in [0.1, 0.15) is 0 Å². The van der Waals surface area contributed by atoms with Gasteiger partial charge in [0.15, 0.2) is 0 Å². The van der Waals surface area contributed by atoms with Crippen LogP contribution in [0.2, 0.25) is 0 Å². The van der Waals surface area contributed by atoms with E-state index < -0.39 is 5.97 Å². The molecule has 1 aliphatic rings. The van der Waals surface area contributed by atoms with Crippen LogP contribution in [0, 0.1) is 11.8 Å². The zero-order valence-corrected chi connectivity index (χ0v) is 13.7. The molecule has 0 aromatic carbocycles. The second kappa shape index (κ2) is 6.37. The summed E-state index contributed by atoms with van der Waals surface area (Å²) < 4.78 is 1.10. The molecule has 1 N–H and O–H groups in total. The van der Waals surface area contributed by atoms with Gasteiger partial charge in [-0.3, -0.25) is 9.69 Å². The van der Waals surface area contributed by atoms with Crippen LogP contribution in [0.1, 0.15) is 31.1 Å². The summed E-state index contributed by atoms with van der Waals surface area (Å²) in [4.78, 5) is 14.9. The molecule has 0 bridgehead atoms. The van der Waals surface area contributed by atoms with E-state index in [2.05, 4.69) is 39.2 Å². The number of carbonyl (C=O) groups is 1. The second-order valence-electron chi connectivity index (χ2n) is 5.58. The van der Waals surface area contributed by atoms with Crippen molar-refractivity contribution in [2.45, 2.75) is 38.8 Å². The molecule has 0 radical (unpaired) electrons. The molecule has 1 aromatic rings. The quantitative estimate of drug-likeness (QED) is 0.901. The number of rotatable bonds is 4. The Balaban J connectivity index is 2.05. The van der Waals surface area contributed by atoms with E-state index in [0.717, 1.165) is 30.3 Å². The number of aliphatic carboxylic acids is 1. The van der Waals surface area contributed by atoms with Crippen LogP contribution in [-0.4, -0.2) is 29.1 Å². The van der Waals surface area contributed by atoms with E-state index in [9.17, 15) is 9.90 Å². The van der Waals surface area contributed by atoms with Gasteiger partial charge in [0, 0.05) is 27.3 Å². The van der Waals surface area contributed by atoms with Crippen molar-refractivity contribution in [3.05, 3.63) is 20.8 Å². The maximum atomic E-state index is 11.4. The monoisotopic (exact) mass is 345 g/mol. The Hall–Kier alpha value is -0.390. The van der Waals surface area contributed by atoms with Gasteiger partial charge in [-0.1, -0.05) is 6.92 Å². The first-order valence-electron chi connectivity index (χ1n) is 6.63. The maximum absolute atomic E-state index is 11.4. The number of hydrogen-bond donors (Lipinski definition) is 1. The third-order valence-electron chi connectivity index (χ3n) is 3.99. The lowest BCUT2D eigenvalue weighted by molar-refractivity contribution is -0.146. The Labute approximate surface area is 126 Å². The van der Waals surface area contributed by atoms with E-state index in [1.807, 2.05) is 7.05 Å². The van der Waals surface area contributed by atoms with Crippen molar-refractivity contribution in [3.8, 4) is 0 Å². The van der Waals surface area contributed by atoms with Gasteiger partial charge in [0.25, 0.3) is 0 Å². The Kier molecular flexibility index (Phi) is 5.03. The number of nitrogens with zero attached hydrogens (tertiary/aromatic N) is 1. The van der Waals surface area contributed by atoms with Crippen LogP contribution < -0.4 is 0 Å². The highest BCUT2D eigenvalue weighted by Gasteiger charge is 2.35. The summed E-state index contributed by atoms with van der Waals surface area (Å²) >= 11 is 5.18. The van der Waals surface area contributed by atoms with Gasteiger partial charge in [-0.05, 0) is 54.2 Å². The smallest absolute Gasteiger partial charge is 0.308 e. The first kappa shape index (κ1) is 15.0. The largest absolute Gasteiger partial charge is 0.481 e. The first-order valence-corrected chi connectivity index (χ1v) is 8.30. The minimum absolute atomic E-state index is 0.155. The topological polar surface area (TPSA) is 40.5 Å². The fourth-order valence-electron chi connectivity index (χ4n) is 2.93. The van der Waals surface area contributed by atoms with Crippen molar-refractivity contribution in [2.75, 3.05) is 7.05 Å². The van der Waals surface area contributed by atoms with Crippen molar-refractivity contribution < 1.29 is 9.90 Å². The molecule has 1 aromatic heterocycles. The van der Waals surface area contributed by atoms with Gasteiger partial charge >= 0.3 is 5.97 Å². The van der Waals surface area contributed by atoms with Crippen LogP contribution >= 0.6 is 27.3 Å². The number of thiophene rings is 1. The molecule has 3 unspecified atom stereocenters. The summed E-state index contributed by atoms with van der Waals surface area (Å²) in [5.74, 6) is -0.237. The maximum Gasteiger partial charge on any atom is 0.308 e. The summed E-state index contributed by atoms with van der Waals surface area (Å²) in [6, 6.07) is 2.27. The summed E-state index contributed by atoms with van der Waals surface area (Å²) in [6.07, 6.45) is 2.82. The summed E-state index contributed by atoms with van der Waals surface area (Å²) in [6.45, 7) is 3.05. The van der Waals surface area contributed by atoms with Crippen LogP contribution in [0.3, 0.4) is 0 Å². The predicted octanol–water partition coefficient (Wildman–Crippen LogP) is 3.83. The Morgan fingerprint density at radius 3 is 2.89 bits per heavy atom. The second-order valence-corrected chi connectivity index (χ2v) is 7.49. The van der Waals surface area contributed by atoms with Gasteiger partial charge in [0.05, 0.1) is 5.92 Å². The molecule has 3 atom stereocenters. The normalized spacial score (nSPS) is 27.7. The van der Waals surface area contributed by atoms with Crippen LogP contribution in [0.5, 0.6) is 0 Å². The molecule has 5 heteroatoms. The van der Waals surface area contributed by atoms with Crippen LogP contribution in [0.25, 0.3) is 0 Å². The fraction of sp³-hybridized carbons (Fsp3) is 0.643. The minimum Gasteiger partial charge on any atom is -0.481 e. The van der Waals surface area contributed by atoms with Gasteiger partial charge < -0.3 is 5.11 Å². The average molecular weight is 346 g/mol. The Morgan fingerprint density at radius 1 is 1.58 bits per heavy atom. The molecule has 1 aliphatic carbocycles. The molecular formula is C14H20BrNO2S. The van der Waals surface area contributed by atoms with Gasteiger partial charge in [0.2, 0.25) is 0 Å². The summed E-state index contributed by atoms with van der Waals surface area (Å²) in [5.41, 5.74) is 0. The highest BCUT2D eigenvalue weighted by atomic mass is 79.9. The minimum atomic E-state index is -0.642. The van der Waals surface area contributed by atoms with E-state index in [1.54, 1.807) is 11.3 Å². The number of hydrogen-bond acceptors (Lipinski definition) is 3. The SMILES string of the molecule is CC1CCC(C(=O)O)C(N(C)Cc2cc(Br)cs2)C1. The average Bonchev–Trinajstić information content (AvgIpc) is 2.74. The molecule has 1 saturated carbocycles. The summed E-state index contributed by atoms with van der Waals surface area (Å²) in [7, 11) is 2.05. The van der Waals surface area contributed by atoms with Crippen LogP contribution in [0.15, 0.2) is 15.9 Å². The Morgan fingerprint density at radius 2 is 2.32 bits per heavy atom. The first-order chi connectivity index (χ1) is 8.97. The van der Waals surface area contributed by atoms with Crippen LogP contribution in [-0.2, 0) is 11.3 Å². The molecule has 1 heterocycles. The molecule has 2 rings (SSSR count). The number of carboxylic acids is 1. The highest BCUT2D eigenvalue weighted by molar-refractivity contribution is 9.10. The standard InChI is InChI=1S/C14H20BrNO2S/c1-9-3-4-12(14(17)18)13(5-9)16(2)7-11-6-10(15)8-19-11/h6,8-9,12-13H,3-5,7H2,1-2H3,(H,17,18). The molecule has 3 nitrogen and oxygen atoms in total. The van der Waals surface area contributed by atoms with E-state index in [4.69, 9.17) is 0 Å². The predicted molar refractivity (Wildman–Crippen MR) is 81.4 cm³/mol. The number of halogens is 1. The van der Waals surface area contributed by atoms with Crippen molar-refractivity contribution in [3.63, 3.8) is 0 Å². The zero-order valence-electron chi connectivity index (χ0n) is 11.3. The van der Waals surface area contributed by atoms with E-state index in [0.29, 0.717) is 5.92 Å². The lowest BCUT2D eigenvalue weighted by Crippen LogP contribution is -2.44. The Bertz CT molecular complexity index is 448. The van der Waals surface area contributed by atoms with Gasteiger partial charge in [-0.2, -0.15) is 0 Å². The molecule has 0 spiro atoms.